The quantitative estimate of drug-likeness (QED) is 0.559. The number of aromatic hydroxyl groups is 1. The lowest BCUT2D eigenvalue weighted by atomic mass is 10.2. The number of carbonyl (C=O) groups is 1. The van der Waals surface area contributed by atoms with Crippen molar-refractivity contribution in [3.8, 4) is 11.4 Å². The van der Waals surface area contributed by atoms with Gasteiger partial charge in [-0.05, 0) is 37.9 Å². The number of benzene rings is 1. The monoisotopic (exact) mass is 410 g/mol. The Balaban J connectivity index is 1.70. The van der Waals surface area contributed by atoms with Crippen LogP contribution in [-0.2, 0) is 11.2 Å². The number of phenols is 1. The van der Waals surface area contributed by atoms with Crippen LogP contribution in [0.15, 0.2) is 24.4 Å². The molecule has 3 heterocycles. The minimum Gasteiger partial charge on any atom is -0.508 e. The van der Waals surface area contributed by atoms with Crippen LogP contribution in [0.5, 0.6) is 5.75 Å². The minimum absolute atomic E-state index is 0.0899. The number of fused-ring (bicyclic) bond motifs is 1. The molecule has 158 valence electrons. The molecule has 1 amide bonds. The second-order valence-electron chi connectivity index (χ2n) is 7.52. The van der Waals surface area contributed by atoms with Gasteiger partial charge in [-0.1, -0.05) is 6.07 Å². The van der Waals surface area contributed by atoms with Gasteiger partial charge < -0.3 is 21.3 Å². The number of nitrogens with zero attached hydrogens (tertiary/aromatic N) is 4. The van der Waals surface area contributed by atoms with Crippen molar-refractivity contribution in [2.24, 2.45) is 5.73 Å². The first kappa shape index (κ1) is 20.1. The molecule has 0 radical (unpaired) electrons. The molecule has 1 fully saturated rings. The summed E-state index contributed by atoms with van der Waals surface area (Å²) in [6, 6.07) is 4.96. The Morgan fingerprint density at radius 2 is 2.07 bits per heavy atom. The topological polar surface area (TPSA) is 133 Å². The van der Waals surface area contributed by atoms with E-state index in [0.717, 1.165) is 56.9 Å². The summed E-state index contributed by atoms with van der Waals surface area (Å²) in [6.07, 6.45) is 3.35. The molecule has 3 aromatic rings. The van der Waals surface area contributed by atoms with E-state index in [1.807, 2.05) is 6.92 Å². The van der Waals surface area contributed by atoms with Crippen molar-refractivity contribution in [1.29, 1.82) is 0 Å². The number of anilines is 1. The van der Waals surface area contributed by atoms with Gasteiger partial charge in [0.25, 0.3) is 5.91 Å². The Kier molecular flexibility index (Phi) is 5.56. The third-order valence-electron chi connectivity index (χ3n) is 5.44. The van der Waals surface area contributed by atoms with E-state index in [-0.39, 0.29) is 17.1 Å². The van der Waals surface area contributed by atoms with Crippen LogP contribution in [0.4, 0.5) is 5.82 Å². The number of morpholine rings is 1. The fraction of sp³-hybridized carbons (Fsp3) is 0.381. The lowest BCUT2D eigenvalue weighted by Gasteiger charge is -2.26. The fourth-order valence-corrected chi connectivity index (χ4v) is 3.85. The summed E-state index contributed by atoms with van der Waals surface area (Å²) in [5, 5.41) is 9.98. The number of hydrogen-bond donors (Lipinski definition) is 3. The molecular weight excluding hydrogens is 384 g/mol. The van der Waals surface area contributed by atoms with Crippen molar-refractivity contribution >= 4 is 22.9 Å². The third kappa shape index (κ3) is 3.81. The van der Waals surface area contributed by atoms with E-state index in [0.29, 0.717) is 16.9 Å². The standard InChI is InChI=1S/C21H26N6O3/c1-13-4-5-15(28)11-16(13)27-19(22)17(20(23)29)18-21(27)25-14(12-24-18)3-2-6-26-7-9-30-10-8-26/h4-5,11-12,28H,2-3,6-10,22H2,1H3,(H2,23,29). The molecule has 0 spiro atoms. The molecule has 0 aliphatic carbocycles. The molecule has 9 heteroatoms. The zero-order chi connectivity index (χ0) is 21.3. The number of amides is 1. The summed E-state index contributed by atoms with van der Waals surface area (Å²) in [4.78, 5) is 23.7. The van der Waals surface area contributed by atoms with E-state index in [1.165, 1.54) is 0 Å². The largest absolute Gasteiger partial charge is 0.508 e. The number of primary amides is 1. The van der Waals surface area contributed by atoms with Gasteiger partial charge in [-0.15, -0.1) is 0 Å². The number of phenolic OH excluding ortho intramolecular Hbond substituents is 1. The first-order chi connectivity index (χ1) is 14.5. The summed E-state index contributed by atoms with van der Waals surface area (Å²) in [5.74, 6) is -0.410. The number of carbonyl (C=O) groups excluding carboxylic acids is 1. The SMILES string of the molecule is Cc1ccc(O)cc1-n1c(N)c(C(N)=O)c2ncc(CCCN3CCOCC3)nc21. The zero-order valence-electron chi connectivity index (χ0n) is 17.0. The average molecular weight is 410 g/mol. The number of hydrogen-bond acceptors (Lipinski definition) is 7. The smallest absolute Gasteiger partial charge is 0.254 e. The minimum atomic E-state index is -0.663. The van der Waals surface area contributed by atoms with Gasteiger partial charge in [0.1, 0.15) is 22.6 Å². The summed E-state index contributed by atoms with van der Waals surface area (Å²) in [5.41, 5.74) is 15.1. The van der Waals surface area contributed by atoms with Gasteiger partial charge in [0, 0.05) is 25.4 Å². The normalized spacial score (nSPS) is 15.0. The van der Waals surface area contributed by atoms with Crippen LogP contribution in [0, 0.1) is 6.92 Å². The number of rotatable bonds is 6. The van der Waals surface area contributed by atoms with Crippen molar-refractivity contribution in [3.05, 3.63) is 41.2 Å². The number of nitrogens with two attached hydrogens (primary N) is 2. The predicted octanol–water partition coefficient (Wildman–Crippen LogP) is 1.38. The Morgan fingerprint density at radius 1 is 1.30 bits per heavy atom. The molecule has 4 rings (SSSR count). The van der Waals surface area contributed by atoms with Gasteiger partial charge in [-0.25, -0.2) is 4.98 Å². The van der Waals surface area contributed by atoms with Crippen LogP contribution in [0.25, 0.3) is 16.9 Å². The number of ether oxygens (including phenoxy) is 1. The van der Waals surface area contributed by atoms with E-state index >= 15 is 0 Å². The maximum atomic E-state index is 12.1. The molecule has 2 aromatic heterocycles. The summed E-state index contributed by atoms with van der Waals surface area (Å²) < 4.78 is 7.03. The maximum Gasteiger partial charge on any atom is 0.254 e. The van der Waals surface area contributed by atoms with Gasteiger partial charge in [0.05, 0.1) is 24.6 Å². The van der Waals surface area contributed by atoms with Crippen LogP contribution in [0.1, 0.15) is 28.0 Å². The van der Waals surface area contributed by atoms with E-state index in [9.17, 15) is 9.90 Å². The van der Waals surface area contributed by atoms with Crippen LogP contribution in [0.2, 0.25) is 0 Å². The molecule has 1 aliphatic heterocycles. The van der Waals surface area contributed by atoms with Gasteiger partial charge in [0.15, 0.2) is 5.65 Å². The highest BCUT2D eigenvalue weighted by Crippen LogP contribution is 2.32. The van der Waals surface area contributed by atoms with Gasteiger partial charge in [-0.3, -0.25) is 19.2 Å². The van der Waals surface area contributed by atoms with Crippen LogP contribution in [0.3, 0.4) is 0 Å². The highest BCUT2D eigenvalue weighted by atomic mass is 16.5. The molecule has 1 aromatic carbocycles. The molecule has 5 N–H and O–H groups in total. The third-order valence-corrected chi connectivity index (χ3v) is 5.44. The van der Waals surface area contributed by atoms with Crippen LogP contribution < -0.4 is 11.5 Å². The number of aryl methyl sites for hydroxylation is 2. The fourth-order valence-electron chi connectivity index (χ4n) is 3.85. The summed E-state index contributed by atoms with van der Waals surface area (Å²) in [7, 11) is 0. The van der Waals surface area contributed by atoms with Crippen molar-refractivity contribution < 1.29 is 14.6 Å². The van der Waals surface area contributed by atoms with E-state index in [4.69, 9.17) is 21.2 Å². The first-order valence-corrected chi connectivity index (χ1v) is 10.0. The molecule has 0 saturated carbocycles. The van der Waals surface area contributed by atoms with Gasteiger partial charge in [-0.2, -0.15) is 0 Å². The van der Waals surface area contributed by atoms with E-state index < -0.39 is 5.91 Å². The van der Waals surface area contributed by atoms with Crippen molar-refractivity contribution in [2.75, 3.05) is 38.6 Å². The van der Waals surface area contributed by atoms with E-state index in [2.05, 4.69) is 9.88 Å². The number of nitrogen functional groups attached to an aromatic ring is 1. The summed E-state index contributed by atoms with van der Waals surface area (Å²) >= 11 is 0. The zero-order valence-corrected chi connectivity index (χ0v) is 17.0. The van der Waals surface area contributed by atoms with Crippen molar-refractivity contribution in [1.82, 2.24) is 19.4 Å². The van der Waals surface area contributed by atoms with Crippen molar-refractivity contribution in [3.63, 3.8) is 0 Å². The molecule has 1 saturated heterocycles. The van der Waals surface area contributed by atoms with E-state index in [1.54, 1.807) is 29.0 Å². The van der Waals surface area contributed by atoms with Crippen LogP contribution in [-0.4, -0.2) is 63.3 Å². The lowest BCUT2D eigenvalue weighted by molar-refractivity contribution is 0.0374. The first-order valence-electron chi connectivity index (χ1n) is 10.0. The second kappa shape index (κ2) is 8.29. The molecule has 0 atom stereocenters. The Hall–Kier alpha value is -3.17. The highest BCUT2D eigenvalue weighted by Gasteiger charge is 2.23. The molecule has 0 bridgehead atoms. The van der Waals surface area contributed by atoms with Gasteiger partial charge in [0.2, 0.25) is 0 Å². The Labute approximate surface area is 174 Å². The van der Waals surface area contributed by atoms with Crippen molar-refractivity contribution in [2.45, 2.75) is 19.8 Å². The molecular formula is C21H26N6O3. The predicted molar refractivity (Wildman–Crippen MR) is 114 cm³/mol. The van der Waals surface area contributed by atoms with Crippen LogP contribution >= 0.6 is 0 Å². The molecule has 1 aliphatic rings. The molecule has 30 heavy (non-hydrogen) atoms. The lowest BCUT2D eigenvalue weighted by Crippen LogP contribution is -2.36. The Morgan fingerprint density at radius 3 is 2.80 bits per heavy atom. The molecule has 0 unspecified atom stereocenters. The second-order valence-corrected chi connectivity index (χ2v) is 7.52. The summed E-state index contributed by atoms with van der Waals surface area (Å²) in [6.45, 7) is 6.30. The average Bonchev–Trinajstić information content (AvgIpc) is 3.02. The maximum absolute atomic E-state index is 12.1. The molecule has 9 nitrogen and oxygen atoms in total. The highest BCUT2D eigenvalue weighted by molar-refractivity contribution is 6.09. The number of aromatic nitrogens is 3. The Bertz CT molecular complexity index is 1090. The van der Waals surface area contributed by atoms with Gasteiger partial charge >= 0.3 is 0 Å².